The van der Waals surface area contributed by atoms with Crippen LogP contribution in [0.4, 0.5) is 0 Å². The lowest BCUT2D eigenvalue weighted by Gasteiger charge is -2.05. The van der Waals surface area contributed by atoms with Crippen LogP contribution in [-0.4, -0.2) is 17.9 Å². The Bertz CT molecular complexity index is 709. The van der Waals surface area contributed by atoms with Crippen LogP contribution in [0.15, 0.2) is 46.1 Å². The van der Waals surface area contributed by atoms with Crippen LogP contribution in [-0.2, 0) is 16.0 Å². The zero-order chi connectivity index (χ0) is 16.7. The van der Waals surface area contributed by atoms with Gasteiger partial charge in [-0.25, -0.2) is 5.43 Å². The van der Waals surface area contributed by atoms with Crippen molar-refractivity contribution >= 4 is 40.5 Å². The Morgan fingerprint density at radius 3 is 2.83 bits per heavy atom. The molecule has 0 unspecified atom stereocenters. The Kier molecular flexibility index (Phi) is 6.52. The predicted octanol–water partition coefficient (Wildman–Crippen LogP) is 3.23. The number of carbonyl (C=O) groups excluding carboxylic acids is 2. The summed E-state index contributed by atoms with van der Waals surface area (Å²) in [6, 6.07) is 9.44. The number of furan rings is 1. The molecule has 6 heteroatoms. The molecular weight excluding hydrogens is 407 g/mol. The molecule has 120 valence electrons. The predicted molar refractivity (Wildman–Crippen MR) is 96.3 cm³/mol. The maximum atomic E-state index is 12.0. The van der Waals surface area contributed by atoms with Crippen molar-refractivity contribution in [1.82, 2.24) is 5.43 Å². The third-order valence-corrected chi connectivity index (χ3v) is 3.92. The van der Waals surface area contributed by atoms with Gasteiger partial charge in [0.2, 0.25) is 5.91 Å². The van der Waals surface area contributed by atoms with Gasteiger partial charge in [-0.15, -0.1) is 0 Å². The number of benzene rings is 1. The highest BCUT2D eigenvalue weighted by molar-refractivity contribution is 14.1. The van der Waals surface area contributed by atoms with Crippen LogP contribution in [0, 0.1) is 10.5 Å². The minimum atomic E-state index is -0.291. The fourth-order valence-corrected chi connectivity index (χ4v) is 2.65. The lowest BCUT2D eigenvalue weighted by Crippen LogP contribution is -2.19. The standard InChI is InChI=1S/C17H17IN2O3/c1-12-9-14(18)5-4-13(12)10-15(21)6-7-17(22)20-19-11-16-3-2-8-23-16/h2-5,8-9,11H,6-7,10H2,1H3,(H,20,22)/b19-11+. The van der Waals surface area contributed by atoms with Crippen LogP contribution < -0.4 is 5.43 Å². The maximum absolute atomic E-state index is 12.0. The summed E-state index contributed by atoms with van der Waals surface area (Å²) in [7, 11) is 0. The van der Waals surface area contributed by atoms with Crippen LogP contribution in [0.5, 0.6) is 0 Å². The Labute approximate surface area is 148 Å². The van der Waals surface area contributed by atoms with Crippen molar-refractivity contribution in [3.63, 3.8) is 0 Å². The lowest BCUT2D eigenvalue weighted by molar-refractivity contribution is -0.125. The van der Waals surface area contributed by atoms with Gasteiger partial charge in [-0.1, -0.05) is 6.07 Å². The van der Waals surface area contributed by atoms with E-state index in [0.717, 1.165) is 14.7 Å². The Hall–Kier alpha value is -1.96. The summed E-state index contributed by atoms with van der Waals surface area (Å²) in [6.07, 6.45) is 3.61. The Morgan fingerprint density at radius 1 is 1.30 bits per heavy atom. The number of halogens is 1. The molecule has 1 aromatic heterocycles. The third-order valence-electron chi connectivity index (χ3n) is 3.25. The molecule has 0 spiro atoms. The van der Waals surface area contributed by atoms with Crippen molar-refractivity contribution in [1.29, 1.82) is 0 Å². The SMILES string of the molecule is Cc1cc(I)ccc1CC(=O)CCC(=O)N/N=C/c1ccco1. The van der Waals surface area contributed by atoms with Crippen molar-refractivity contribution in [3.05, 3.63) is 57.1 Å². The average molecular weight is 424 g/mol. The highest BCUT2D eigenvalue weighted by Crippen LogP contribution is 2.14. The van der Waals surface area contributed by atoms with Gasteiger partial charge >= 0.3 is 0 Å². The van der Waals surface area contributed by atoms with Gasteiger partial charge in [0.1, 0.15) is 11.5 Å². The summed E-state index contributed by atoms with van der Waals surface area (Å²) in [6.45, 7) is 1.99. The van der Waals surface area contributed by atoms with E-state index >= 15 is 0 Å². The summed E-state index contributed by atoms with van der Waals surface area (Å²) >= 11 is 2.24. The number of ketones is 1. The van der Waals surface area contributed by atoms with E-state index in [9.17, 15) is 9.59 Å². The van der Waals surface area contributed by atoms with Crippen LogP contribution in [0.2, 0.25) is 0 Å². The number of amides is 1. The van der Waals surface area contributed by atoms with Gasteiger partial charge in [0.15, 0.2) is 0 Å². The van der Waals surface area contributed by atoms with Gasteiger partial charge < -0.3 is 4.42 Å². The van der Waals surface area contributed by atoms with Gasteiger partial charge in [0.25, 0.3) is 0 Å². The quantitative estimate of drug-likeness (QED) is 0.422. The van der Waals surface area contributed by atoms with Crippen LogP contribution in [0.25, 0.3) is 0 Å². The molecule has 0 fully saturated rings. The number of nitrogens with one attached hydrogen (secondary N) is 1. The first-order chi connectivity index (χ1) is 11.0. The fraction of sp³-hybridized carbons (Fsp3) is 0.235. The number of Topliss-reactive ketones (excluding diaryl/α,β-unsaturated/α-hetero) is 1. The molecule has 1 amide bonds. The molecule has 23 heavy (non-hydrogen) atoms. The third kappa shape index (κ3) is 5.97. The molecule has 1 aromatic carbocycles. The van der Waals surface area contributed by atoms with E-state index in [2.05, 4.69) is 33.1 Å². The summed E-state index contributed by atoms with van der Waals surface area (Å²) < 4.78 is 6.19. The van der Waals surface area contributed by atoms with Gasteiger partial charge in [0.05, 0.1) is 12.5 Å². The van der Waals surface area contributed by atoms with Crippen molar-refractivity contribution in [3.8, 4) is 0 Å². The first-order valence-corrected chi connectivity index (χ1v) is 8.24. The summed E-state index contributed by atoms with van der Waals surface area (Å²) in [5.41, 5.74) is 4.48. The van der Waals surface area contributed by atoms with Crippen LogP contribution in [0.1, 0.15) is 29.7 Å². The molecule has 0 radical (unpaired) electrons. The second kappa shape index (κ2) is 8.61. The number of hydrogen-bond donors (Lipinski definition) is 1. The number of carbonyl (C=O) groups is 2. The van der Waals surface area contributed by atoms with Gasteiger partial charge in [-0.05, 0) is 64.9 Å². The molecule has 1 N–H and O–H groups in total. The monoisotopic (exact) mass is 424 g/mol. The minimum Gasteiger partial charge on any atom is -0.463 e. The van der Waals surface area contributed by atoms with Crippen molar-refractivity contribution in [2.45, 2.75) is 26.2 Å². The van der Waals surface area contributed by atoms with Gasteiger partial charge in [0, 0.05) is 22.8 Å². The zero-order valence-corrected chi connectivity index (χ0v) is 14.9. The first-order valence-electron chi connectivity index (χ1n) is 7.17. The highest BCUT2D eigenvalue weighted by atomic mass is 127. The molecule has 0 aliphatic carbocycles. The fourth-order valence-electron chi connectivity index (χ4n) is 2.00. The number of hydrogen-bond acceptors (Lipinski definition) is 4. The second-order valence-electron chi connectivity index (χ2n) is 5.09. The zero-order valence-electron chi connectivity index (χ0n) is 12.7. The number of rotatable bonds is 7. The minimum absolute atomic E-state index is 0.0412. The topological polar surface area (TPSA) is 71.7 Å². The molecule has 2 aromatic rings. The molecule has 0 bridgehead atoms. The van der Waals surface area contributed by atoms with Crippen molar-refractivity contribution in [2.75, 3.05) is 0 Å². The van der Waals surface area contributed by atoms with E-state index in [-0.39, 0.29) is 24.5 Å². The van der Waals surface area contributed by atoms with E-state index in [1.807, 2.05) is 25.1 Å². The molecule has 0 atom stereocenters. The molecule has 0 aliphatic heterocycles. The molecule has 1 heterocycles. The molecule has 0 aliphatic rings. The summed E-state index contributed by atoms with van der Waals surface area (Å²) in [5, 5.41) is 3.77. The average Bonchev–Trinajstić information content (AvgIpc) is 3.01. The molecule has 2 rings (SSSR count). The number of aryl methyl sites for hydroxylation is 1. The van der Waals surface area contributed by atoms with Gasteiger partial charge in [-0.3, -0.25) is 9.59 Å². The Balaban J connectivity index is 1.74. The van der Waals surface area contributed by atoms with E-state index < -0.39 is 0 Å². The Morgan fingerprint density at radius 2 is 2.13 bits per heavy atom. The molecular formula is C17H17IN2O3. The van der Waals surface area contributed by atoms with Crippen LogP contribution >= 0.6 is 22.6 Å². The first kappa shape index (κ1) is 17.4. The molecule has 0 saturated heterocycles. The van der Waals surface area contributed by atoms with E-state index in [4.69, 9.17) is 4.42 Å². The second-order valence-corrected chi connectivity index (χ2v) is 6.34. The summed E-state index contributed by atoms with van der Waals surface area (Å²) in [4.78, 5) is 23.6. The smallest absolute Gasteiger partial charge is 0.240 e. The largest absolute Gasteiger partial charge is 0.463 e. The maximum Gasteiger partial charge on any atom is 0.240 e. The van der Waals surface area contributed by atoms with E-state index in [1.165, 1.54) is 12.5 Å². The molecule has 0 saturated carbocycles. The van der Waals surface area contributed by atoms with Crippen molar-refractivity contribution < 1.29 is 14.0 Å². The van der Waals surface area contributed by atoms with Gasteiger partial charge in [-0.2, -0.15) is 5.10 Å². The lowest BCUT2D eigenvalue weighted by atomic mass is 10.0. The summed E-state index contributed by atoms with van der Waals surface area (Å²) in [5.74, 6) is 0.301. The number of hydrazone groups is 1. The normalized spacial score (nSPS) is 10.9. The van der Waals surface area contributed by atoms with E-state index in [1.54, 1.807) is 12.1 Å². The van der Waals surface area contributed by atoms with Crippen molar-refractivity contribution in [2.24, 2.45) is 5.10 Å². The van der Waals surface area contributed by atoms with E-state index in [0.29, 0.717) is 12.2 Å². The van der Waals surface area contributed by atoms with Crippen LogP contribution in [0.3, 0.4) is 0 Å². The number of nitrogens with zero attached hydrogens (tertiary/aromatic N) is 1. The molecule has 5 nitrogen and oxygen atoms in total. The highest BCUT2D eigenvalue weighted by Gasteiger charge is 2.09.